The third-order valence-corrected chi connectivity index (χ3v) is 4.39. The molecule has 0 saturated heterocycles. The van der Waals surface area contributed by atoms with E-state index < -0.39 is 0 Å². The first-order valence-corrected chi connectivity index (χ1v) is 7.95. The number of hydrogen-bond acceptors (Lipinski definition) is 2. The van der Waals surface area contributed by atoms with Crippen LogP contribution in [0.15, 0.2) is 66.7 Å². The number of rotatable bonds is 2. The first kappa shape index (κ1) is 14.2. The predicted molar refractivity (Wildman–Crippen MR) is 96.7 cm³/mol. The Morgan fingerprint density at radius 3 is 2.52 bits per heavy atom. The fraction of sp³-hybridized carbons (Fsp3) is 0. The SMILES string of the molecule is S=c1[nH]nc(-c2cccc3ccccc23)n1-c1ccccc1Cl. The highest BCUT2D eigenvalue weighted by Gasteiger charge is 2.14. The highest BCUT2D eigenvalue weighted by atomic mass is 35.5. The van der Waals surface area contributed by atoms with E-state index in [2.05, 4.69) is 28.4 Å². The monoisotopic (exact) mass is 337 g/mol. The van der Waals surface area contributed by atoms with Crippen molar-refractivity contribution in [2.75, 3.05) is 0 Å². The van der Waals surface area contributed by atoms with Crippen molar-refractivity contribution in [1.29, 1.82) is 0 Å². The summed E-state index contributed by atoms with van der Waals surface area (Å²) in [5.74, 6) is 0.750. The minimum absolute atomic E-state index is 0.515. The Hall–Kier alpha value is -2.43. The summed E-state index contributed by atoms with van der Waals surface area (Å²) in [7, 11) is 0. The van der Waals surface area contributed by atoms with Crippen LogP contribution in [0.4, 0.5) is 0 Å². The molecule has 0 saturated carbocycles. The molecule has 0 amide bonds. The summed E-state index contributed by atoms with van der Waals surface area (Å²) >= 11 is 11.8. The first-order valence-electron chi connectivity index (χ1n) is 7.16. The molecule has 23 heavy (non-hydrogen) atoms. The molecule has 0 aliphatic carbocycles. The van der Waals surface area contributed by atoms with Gasteiger partial charge in [0.2, 0.25) is 0 Å². The fourth-order valence-corrected chi connectivity index (χ4v) is 3.21. The van der Waals surface area contributed by atoms with Gasteiger partial charge >= 0.3 is 0 Å². The van der Waals surface area contributed by atoms with E-state index in [1.807, 2.05) is 53.1 Å². The van der Waals surface area contributed by atoms with Gasteiger partial charge in [-0.2, -0.15) is 5.10 Å². The maximum Gasteiger partial charge on any atom is 0.200 e. The number of halogens is 1. The molecule has 0 aliphatic rings. The number of aromatic nitrogens is 3. The highest BCUT2D eigenvalue weighted by molar-refractivity contribution is 7.71. The normalized spacial score (nSPS) is 11.0. The average Bonchev–Trinajstić information content (AvgIpc) is 2.96. The van der Waals surface area contributed by atoms with E-state index in [-0.39, 0.29) is 0 Å². The summed E-state index contributed by atoms with van der Waals surface area (Å²) in [6.07, 6.45) is 0. The van der Waals surface area contributed by atoms with Crippen molar-refractivity contribution in [3.05, 3.63) is 76.5 Å². The number of fused-ring (bicyclic) bond motifs is 1. The number of nitrogens with one attached hydrogen (secondary N) is 1. The van der Waals surface area contributed by atoms with Crippen LogP contribution in [0.25, 0.3) is 27.8 Å². The van der Waals surface area contributed by atoms with Crippen LogP contribution >= 0.6 is 23.8 Å². The van der Waals surface area contributed by atoms with Crippen molar-refractivity contribution in [1.82, 2.24) is 14.8 Å². The van der Waals surface area contributed by atoms with Gasteiger partial charge in [0.25, 0.3) is 0 Å². The minimum atomic E-state index is 0.515. The first-order chi connectivity index (χ1) is 11.3. The molecule has 4 rings (SSSR count). The Morgan fingerprint density at radius 1 is 0.913 bits per heavy atom. The predicted octanol–water partition coefficient (Wildman–Crippen LogP) is 5.40. The van der Waals surface area contributed by atoms with E-state index in [0.717, 1.165) is 27.8 Å². The molecule has 0 unspecified atom stereocenters. The van der Waals surface area contributed by atoms with E-state index in [1.165, 1.54) is 0 Å². The van der Waals surface area contributed by atoms with Gasteiger partial charge in [0, 0.05) is 5.56 Å². The van der Waals surface area contributed by atoms with E-state index in [1.54, 1.807) is 0 Å². The third-order valence-electron chi connectivity index (χ3n) is 3.80. The molecule has 3 aromatic carbocycles. The van der Waals surface area contributed by atoms with Gasteiger partial charge < -0.3 is 0 Å². The number of para-hydroxylation sites is 1. The van der Waals surface area contributed by atoms with Crippen molar-refractivity contribution in [3.8, 4) is 17.1 Å². The van der Waals surface area contributed by atoms with Gasteiger partial charge in [-0.3, -0.25) is 9.67 Å². The van der Waals surface area contributed by atoms with Crippen molar-refractivity contribution in [3.63, 3.8) is 0 Å². The molecule has 3 nitrogen and oxygen atoms in total. The molecule has 1 heterocycles. The lowest BCUT2D eigenvalue weighted by Crippen LogP contribution is -1.99. The Balaban J connectivity index is 2.05. The van der Waals surface area contributed by atoms with Gasteiger partial charge in [-0.15, -0.1) is 0 Å². The quantitative estimate of drug-likeness (QED) is 0.496. The molecular weight excluding hydrogens is 326 g/mol. The second kappa shape index (κ2) is 5.65. The molecule has 0 atom stereocenters. The number of aromatic amines is 1. The number of benzene rings is 3. The molecule has 0 bridgehead atoms. The topological polar surface area (TPSA) is 33.6 Å². The molecule has 1 aromatic heterocycles. The zero-order valence-corrected chi connectivity index (χ0v) is 13.6. The van der Waals surface area contributed by atoms with Gasteiger partial charge in [0.1, 0.15) is 0 Å². The van der Waals surface area contributed by atoms with Crippen LogP contribution in [0.2, 0.25) is 5.02 Å². The minimum Gasteiger partial charge on any atom is -0.267 e. The lowest BCUT2D eigenvalue weighted by molar-refractivity contribution is 1.04. The van der Waals surface area contributed by atoms with E-state index >= 15 is 0 Å². The molecule has 0 spiro atoms. The Morgan fingerprint density at radius 2 is 1.65 bits per heavy atom. The van der Waals surface area contributed by atoms with Gasteiger partial charge in [-0.05, 0) is 35.1 Å². The third kappa shape index (κ3) is 2.36. The van der Waals surface area contributed by atoms with Gasteiger partial charge in [-0.1, -0.05) is 66.2 Å². The average molecular weight is 338 g/mol. The molecule has 1 N–H and O–H groups in total. The summed E-state index contributed by atoms with van der Waals surface area (Å²) in [5, 5.41) is 10.2. The molecule has 0 radical (unpaired) electrons. The zero-order chi connectivity index (χ0) is 15.8. The highest BCUT2D eigenvalue weighted by Crippen LogP contribution is 2.30. The Kier molecular flexibility index (Phi) is 3.48. The maximum atomic E-state index is 6.36. The summed E-state index contributed by atoms with van der Waals surface area (Å²) < 4.78 is 2.39. The standard InChI is InChI=1S/C18H12ClN3S/c19-15-10-3-4-11-16(15)22-17(20-21-18(22)23)14-9-5-7-12-6-1-2-8-13(12)14/h1-11H,(H,21,23). The number of hydrogen-bond donors (Lipinski definition) is 1. The Bertz CT molecular complexity index is 1060. The van der Waals surface area contributed by atoms with Crippen LogP contribution in [-0.2, 0) is 0 Å². The summed E-state index contributed by atoms with van der Waals surface area (Å²) in [5.41, 5.74) is 1.83. The maximum absolute atomic E-state index is 6.36. The lowest BCUT2D eigenvalue weighted by atomic mass is 10.0. The van der Waals surface area contributed by atoms with E-state index in [9.17, 15) is 0 Å². The summed E-state index contributed by atoms with van der Waals surface area (Å²) in [6, 6.07) is 22.0. The van der Waals surface area contributed by atoms with Gasteiger partial charge in [0.05, 0.1) is 10.7 Å². The van der Waals surface area contributed by atoms with Crippen molar-refractivity contribution in [2.45, 2.75) is 0 Å². The fourth-order valence-electron chi connectivity index (χ4n) is 2.75. The van der Waals surface area contributed by atoms with Crippen LogP contribution in [0, 0.1) is 4.77 Å². The molecule has 4 aromatic rings. The molecule has 112 valence electrons. The number of nitrogens with zero attached hydrogens (tertiary/aromatic N) is 2. The number of H-pyrrole nitrogens is 1. The molecule has 0 aliphatic heterocycles. The summed E-state index contributed by atoms with van der Waals surface area (Å²) in [4.78, 5) is 0. The summed E-state index contributed by atoms with van der Waals surface area (Å²) in [6.45, 7) is 0. The van der Waals surface area contributed by atoms with E-state index in [4.69, 9.17) is 23.8 Å². The molecular formula is C18H12ClN3S. The molecule has 5 heteroatoms. The zero-order valence-electron chi connectivity index (χ0n) is 12.0. The Labute approximate surface area is 143 Å². The second-order valence-electron chi connectivity index (χ2n) is 5.17. The van der Waals surface area contributed by atoms with Crippen LogP contribution in [0.5, 0.6) is 0 Å². The van der Waals surface area contributed by atoms with Gasteiger partial charge in [-0.25, -0.2) is 0 Å². The van der Waals surface area contributed by atoms with Crippen molar-refractivity contribution in [2.24, 2.45) is 0 Å². The van der Waals surface area contributed by atoms with Crippen LogP contribution in [0.3, 0.4) is 0 Å². The molecule has 0 fully saturated rings. The largest absolute Gasteiger partial charge is 0.267 e. The lowest BCUT2D eigenvalue weighted by Gasteiger charge is -2.10. The smallest absolute Gasteiger partial charge is 0.200 e. The van der Waals surface area contributed by atoms with Gasteiger partial charge in [0.15, 0.2) is 10.6 Å². The van der Waals surface area contributed by atoms with Crippen molar-refractivity contribution < 1.29 is 0 Å². The van der Waals surface area contributed by atoms with Crippen LogP contribution < -0.4 is 0 Å². The van der Waals surface area contributed by atoms with Crippen LogP contribution in [0.1, 0.15) is 0 Å². The second-order valence-corrected chi connectivity index (χ2v) is 5.96. The van der Waals surface area contributed by atoms with Crippen molar-refractivity contribution >= 4 is 34.6 Å². The van der Waals surface area contributed by atoms with Crippen LogP contribution in [-0.4, -0.2) is 14.8 Å². The van der Waals surface area contributed by atoms with E-state index in [0.29, 0.717) is 9.79 Å².